The lowest BCUT2D eigenvalue weighted by Gasteiger charge is -1.99. The quantitative estimate of drug-likeness (QED) is 0.927. The molecule has 0 aliphatic rings. The van der Waals surface area contributed by atoms with Gasteiger partial charge >= 0.3 is 0 Å². The molecular formula is C10H6BrFN2OS. The van der Waals surface area contributed by atoms with E-state index >= 15 is 0 Å². The Labute approximate surface area is 103 Å². The van der Waals surface area contributed by atoms with Gasteiger partial charge in [-0.1, -0.05) is 15.9 Å². The zero-order valence-corrected chi connectivity index (χ0v) is 10.3. The molecule has 2 N–H and O–H groups in total. The van der Waals surface area contributed by atoms with Crippen molar-refractivity contribution in [1.29, 1.82) is 0 Å². The second kappa shape index (κ2) is 4.31. The van der Waals surface area contributed by atoms with Gasteiger partial charge in [-0.05, 0) is 18.2 Å². The minimum absolute atomic E-state index is 0.175. The Morgan fingerprint density at radius 2 is 2.25 bits per heavy atom. The Kier molecular flexibility index (Phi) is 3.02. The second-order valence-electron chi connectivity index (χ2n) is 3.03. The summed E-state index contributed by atoms with van der Waals surface area (Å²) in [5, 5.41) is 1.78. The van der Waals surface area contributed by atoms with Crippen LogP contribution in [0.5, 0.6) is 0 Å². The van der Waals surface area contributed by atoms with Gasteiger partial charge in [0, 0.05) is 15.4 Å². The number of carbonyl (C=O) groups excluding carboxylic acids is 1. The maximum absolute atomic E-state index is 13.5. The van der Waals surface area contributed by atoms with E-state index in [0.717, 1.165) is 15.8 Å². The highest BCUT2D eigenvalue weighted by Gasteiger charge is 2.12. The monoisotopic (exact) mass is 300 g/mol. The summed E-state index contributed by atoms with van der Waals surface area (Å²) >= 11 is 4.35. The van der Waals surface area contributed by atoms with Crippen LogP contribution >= 0.6 is 27.3 Å². The third kappa shape index (κ3) is 2.12. The molecule has 1 aromatic heterocycles. The van der Waals surface area contributed by atoms with Crippen LogP contribution in [0.25, 0.3) is 11.3 Å². The molecule has 82 valence electrons. The van der Waals surface area contributed by atoms with Gasteiger partial charge in [0.2, 0.25) is 0 Å². The summed E-state index contributed by atoms with van der Waals surface area (Å²) in [6.45, 7) is 0. The van der Waals surface area contributed by atoms with Crippen molar-refractivity contribution in [3.63, 3.8) is 0 Å². The summed E-state index contributed by atoms with van der Waals surface area (Å²) in [6.07, 6.45) is 0. The van der Waals surface area contributed by atoms with Gasteiger partial charge in [0.1, 0.15) is 5.82 Å². The number of primary amides is 1. The summed E-state index contributed by atoms with van der Waals surface area (Å²) in [5.41, 5.74) is 5.84. The van der Waals surface area contributed by atoms with Crippen LogP contribution in [-0.4, -0.2) is 10.9 Å². The van der Waals surface area contributed by atoms with E-state index in [4.69, 9.17) is 5.73 Å². The van der Waals surface area contributed by atoms with Crippen molar-refractivity contribution >= 4 is 33.2 Å². The van der Waals surface area contributed by atoms with Crippen molar-refractivity contribution in [3.05, 3.63) is 38.9 Å². The molecule has 0 aliphatic heterocycles. The molecular weight excluding hydrogens is 295 g/mol. The maximum atomic E-state index is 13.5. The molecule has 1 amide bonds. The molecule has 6 heteroatoms. The first-order valence-electron chi connectivity index (χ1n) is 4.28. The normalized spacial score (nSPS) is 10.4. The highest BCUT2D eigenvalue weighted by Crippen LogP contribution is 2.27. The molecule has 0 saturated heterocycles. The zero-order valence-electron chi connectivity index (χ0n) is 7.91. The lowest BCUT2D eigenvalue weighted by molar-refractivity contribution is 0.1000. The number of nitrogens with zero attached hydrogens (tertiary/aromatic N) is 1. The van der Waals surface area contributed by atoms with Crippen molar-refractivity contribution in [2.75, 3.05) is 0 Å². The summed E-state index contributed by atoms with van der Waals surface area (Å²) in [4.78, 5) is 14.8. The molecule has 2 rings (SSSR count). The van der Waals surface area contributed by atoms with Gasteiger partial charge in [-0.15, -0.1) is 11.3 Å². The predicted molar refractivity (Wildman–Crippen MR) is 63.7 cm³/mol. The zero-order chi connectivity index (χ0) is 11.7. The first kappa shape index (κ1) is 11.2. The van der Waals surface area contributed by atoms with E-state index in [1.54, 1.807) is 17.5 Å². The van der Waals surface area contributed by atoms with E-state index in [1.807, 2.05) is 0 Å². The molecule has 0 atom stereocenters. The van der Waals surface area contributed by atoms with Crippen LogP contribution in [0, 0.1) is 5.82 Å². The topological polar surface area (TPSA) is 56.0 Å². The standard InChI is InChI=1S/C10H6BrFN2OS/c11-5-1-2-7(12)6(3-5)8-4-16-10(14-8)9(13)15/h1-4H,(H2,13,15). The summed E-state index contributed by atoms with van der Waals surface area (Å²) in [5.74, 6) is -0.990. The molecule has 0 fully saturated rings. The fraction of sp³-hybridized carbons (Fsp3) is 0. The molecule has 1 heterocycles. The fourth-order valence-corrected chi connectivity index (χ4v) is 2.24. The first-order valence-corrected chi connectivity index (χ1v) is 5.96. The molecule has 2 aromatic rings. The second-order valence-corrected chi connectivity index (χ2v) is 4.80. The van der Waals surface area contributed by atoms with Crippen molar-refractivity contribution in [2.24, 2.45) is 5.73 Å². The van der Waals surface area contributed by atoms with E-state index < -0.39 is 5.91 Å². The number of carbonyl (C=O) groups is 1. The summed E-state index contributed by atoms with van der Waals surface area (Å²) in [6, 6.07) is 4.54. The van der Waals surface area contributed by atoms with Gasteiger partial charge in [-0.2, -0.15) is 0 Å². The van der Waals surface area contributed by atoms with E-state index in [2.05, 4.69) is 20.9 Å². The maximum Gasteiger partial charge on any atom is 0.277 e. The highest BCUT2D eigenvalue weighted by molar-refractivity contribution is 9.10. The van der Waals surface area contributed by atoms with Gasteiger partial charge < -0.3 is 5.73 Å². The van der Waals surface area contributed by atoms with Crippen LogP contribution in [0.1, 0.15) is 9.80 Å². The van der Waals surface area contributed by atoms with Gasteiger partial charge in [0.25, 0.3) is 5.91 Å². The highest BCUT2D eigenvalue weighted by atomic mass is 79.9. The predicted octanol–water partition coefficient (Wildman–Crippen LogP) is 2.81. The number of amides is 1. The Morgan fingerprint density at radius 1 is 1.50 bits per heavy atom. The number of aromatic nitrogens is 1. The molecule has 0 unspecified atom stereocenters. The van der Waals surface area contributed by atoms with Gasteiger partial charge in [0.05, 0.1) is 5.69 Å². The number of nitrogens with two attached hydrogens (primary N) is 1. The van der Waals surface area contributed by atoms with E-state index in [-0.39, 0.29) is 10.8 Å². The number of halogens is 2. The Bertz CT molecular complexity index is 556. The summed E-state index contributed by atoms with van der Waals surface area (Å²) in [7, 11) is 0. The SMILES string of the molecule is NC(=O)c1nc(-c2cc(Br)ccc2F)cs1. The molecule has 0 spiro atoms. The molecule has 0 bridgehead atoms. The molecule has 0 aliphatic carbocycles. The first-order chi connectivity index (χ1) is 7.58. The Balaban J connectivity index is 2.50. The number of hydrogen-bond acceptors (Lipinski definition) is 3. The van der Waals surface area contributed by atoms with Crippen molar-refractivity contribution in [3.8, 4) is 11.3 Å². The van der Waals surface area contributed by atoms with Crippen LogP contribution in [0.2, 0.25) is 0 Å². The molecule has 3 nitrogen and oxygen atoms in total. The largest absolute Gasteiger partial charge is 0.364 e. The Hall–Kier alpha value is -1.27. The van der Waals surface area contributed by atoms with Crippen LogP contribution in [0.15, 0.2) is 28.1 Å². The van der Waals surface area contributed by atoms with Gasteiger partial charge in [-0.25, -0.2) is 9.37 Å². The van der Waals surface area contributed by atoms with Gasteiger partial charge in [-0.3, -0.25) is 4.79 Å². The lowest BCUT2D eigenvalue weighted by atomic mass is 10.1. The number of thiazole rings is 1. The molecule has 1 aromatic carbocycles. The number of rotatable bonds is 2. The Morgan fingerprint density at radius 3 is 2.88 bits per heavy atom. The van der Waals surface area contributed by atoms with Crippen molar-refractivity contribution in [2.45, 2.75) is 0 Å². The molecule has 0 radical (unpaired) electrons. The fourth-order valence-electron chi connectivity index (χ4n) is 1.20. The lowest BCUT2D eigenvalue weighted by Crippen LogP contribution is -2.10. The third-order valence-corrected chi connectivity index (χ3v) is 3.27. The smallest absolute Gasteiger partial charge is 0.277 e. The minimum atomic E-state index is -0.605. The van der Waals surface area contributed by atoms with Crippen molar-refractivity contribution < 1.29 is 9.18 Å². The van der Waals surface area contributed by atoms with Crippen LogP contribution in [0.4, 0.5) is 4.39 Å². The minimum Gasteiger partial charge on any atom is -0.364 e. The van der Waals surface area contributed by atoms with Gasteiger partial charge in [0.15, 0.2) is 5.01 Å². The van der Waals surface area contributed by atoms with E-state index in [1.165, 1.54) is 6.07 Å². The summed E-state index contributed by atoms with van der Waals surface area (Å²) < 4.78 is 14.2. The molecule has 16 heavy (non-hydrogen) atoms. The number of hydrogen-bond donors (Lipinski definition) is 1. The van der Waals surface area contributed by atoms with Crippen LogP contribution in [0.3, 0.4) is 0 Å². The average Bonchev–Trinajstić information content (AvgIpc) is 2.70. The van der Waals surface area contributed by atoms with Crippen molar-refractivity contribution in [1.82, 2.24) is 4.98 Å². The third-order valence-electron chi connectivity index (χ3n) is 1.92. The average molecular weight is 301 g/mol. The van der Waals surface area contributed by atoms with E-state index in [0.29, 0.717) is 11.3 Å². The molecule has 0 saturated carbocycles. The number of benzene rings is 1. The van der Waals surface area contributed by atoms with Crippen LogP contribution in [-0.2, 0) is 0 Å². The van der Waals surface area contributed by atoms with Crippen LogP contribution < -0.4 is 5.73 Å². The van der Waals surface area contributed by atoms with E-state index in [9.17, 15) is 9.18 Å².